The molecule has 2 atom stereocenters. The van der Waals surface area contributed by atoms with Crippen LogP contribution in [0.1, 0.15) is 36.0 Å². The lowest BCUT2D eigenvalue weighted by Crippen LogP contribution is -2.24. The second-order valence-corrected chi connectivity index (χ2v) is 5.89. The van der Waals surface area contributed by atoms with E-state index in [1.807, 2.05) is 0 Å². The molecule has 3 heteroatoms. The standard InChI is InChI=1S/C16H20FNO/c17-15-6-2-3-12(9-15)16(19)7-8-18-10-13-4-1-5-14(13)11-18/h2-3,6,9,13-14H,1,4-5,7-8,10-11H2. The molecule has 1 saturated carbocycles. The number of carbonyl (C=O) groups is 1. The normalized spacial score (nSPS) is 26.6. The van der Waals surface area contributed by atoms with E-state index in [4.69, 9.17) is 0 Å². The van der Waals surface area contributed by atoms with Crippen LogP contribution in [0.3, 0.4) is 0 Å². The number of nitrogens with zero attached hydrogens (tertiary/aromatic N) is 1. The second-order valence-electron chi connectivity index (χ2n) is 5.89. The van der Waals surface area contributed by atoms with Gasteiger partial charge in [-0.2, -0.15) is 0 Å². The Labute approximate surface area is 113 Å². The van der Waals surface area contributed by atoms with Gasteiger partial charge in [-0.15, -0.1) is 0 Å². The number of Topliss-reactive ketones (excluding diaryl/α,β-unsaturated/α-hetero) is 1. The molecule has 0 N–H and O–H groups in total. The van der Waals surface area contributed by atoms with Gasteiger partial charge in [-0.05, 0) is 36.8 Å². The van der Waals surface area contributed by atoms with Crippen LogP contribution in [0.25, 0.3) is 0 Å². The smallest absolute Gasteiger partial charge is 0.164 e. The van der Waals surface area contributed by atoms with E-state index in [-0.39, 0.29) is 11.6 Å². The van der Waals surface area contributed by atoms with Gasteiger partial charge in [0.1, 0.15) is 5.82 Å². The number of benzene rings is 1. The van der Waals surface area contributed by atoms with Crippen molar-refractivity contribution in [2.45, 2.75) is 25.7 Å². The van der Waals surface area contributed by atoms with Gasteiger partial charge in [0.15, 0.2) is 5.78 Å². The van der Waals surface area contributed by atoms with Crippen molar-refractivity contribution in [2.75, 3.05) is 19.6 Å². The monoisotopic (exact) mass is 261 g/mol. The molecule has 2 unspecified atom stereocenters. The minimum Gasteiger partial charge on any atom is -0.302 e. The summed E-state index contributed by atoms with van der Waals surface area (Å²) in [5, 5.41) is 0. The summed E-state index contributed by atoms with van der Waals surface area (Å²) in [7, 11) is 0. The highest BCUT2D eigenvalue weighted by Gasteiger charge is 2.35. The quantitative estimate of drug-likeness (QED) is 0.776. The summed E-state index contributed by atoms with van der Waals surface area (Å²) < 4.78 is 13.1. The lowest BCUT2D eigenvalue weighted by atomic mass is 10.0. The van der Waals surface area contributed by atoms with Crippen LogP contribution >= 0.6 is 0 Å². The van der Waals surface area contributed by atoms with E-state index in [0.29, 0.717) is 12.0 Å². The van der Waals surface area contributed by atoms with Crippen LogP contribution in [-0.4, -0.2) is 30.3 Å². The Hall–Kier alpha value is -1.22. The Kier molecular flexibility index (Phi) is 3.65. The van der Waals surface area contributed by atoms with Crippen molar-refractivity contribution in [1.29, 1.82) is 0 Å². The van der Waals surface area contributed by atoms with E-state index in [1.54, 1.807) is 12.1 Å². The summed E-state index contributed by atoms with van der Waals surface area (Å²) in [6.07, 6.45) is 4.60. The number of rotatable bonds is 4. The van der Waals surface area contributed by atoms with Crippen molar-refractivity contribution in [2.24, 2.45) is 11.8 Å². The molecule has 1 aromatic carbocycles. The third-order valence-electron chi connectivity index (χ3n) is 4.60. The minimum atomic E-state index is -0.332. The molecule has 2 nitrogen and oxygen atoms in total. The lowest BCUT2D eigenvalue weighted by molar-refractivity contribution is 0.0967. The Bertz CT molecular complexity index is 462. The molecule has 2 aliphatic rings. The molecule has 19 heavy (non-hydrogen) atoms. The third-order valence-corrected chi connectivity index (χ3v) is 4.60. The van der Waals surface area contributed by atoms with Gasteiger partial charge in [-0.3, -0.25) is 4.79 Å². The molecule has 0 spiro atoms. The number of hydrogen-bond donors (Lipinski definition) is 0. The topological polar surface area (TPSA) is 20.3 Å². The summed E-state index contributed by atoms with van der Waals surface area (Å²) in [4.78, 5) is 14.4. The summed E-state index contributed by atoms with van der Waals surface area (Å²) in [6.45, 7) is 3.13. The van der Waals surface area contributed by atoms with Crippen LogP contribution in [0.2, 0.25) is 0 Å². The first-order valence-corrected chi connectivity index (χ1v) is 7.23. The van der Waals surface area contributed by atoms with Gasteiger partial charge in [0.2, 0.25) is 0 Å². The van der Waals surface area contributed by atoms with Gasteiger partial charge in [0.05, 0.1) is 0 Å². The van der Waals surface area contributed by atoms with Crippen LogP contribution in [0.5, 0.6) is 0 Å². The highest BCUT2D eigenvalue weighted by molar-refractivity contribution is 5.96. The van der Waals surface area contributed by atoms with E-state index < -0.39 is 0 Å². The molecule has 1 aliphatic carbocycles. The van der Waals surface area contributed by atoms with Gasteiger partial charge >= 0.3 is 0 Å². The highest BCUT2D eigenvalue weighted by Crippen LogP contribution is 2.37. The fraction of sp³-hybridized carbons (Fsp3) is 0.562. The molecule has 1 saturated heterocycles. The number of halogens is 1. The van der Waals surface area contributed by atoms with E-state index >= 15 is 0 Å². The number of likely N-dealkylation sites (tertiary alicyclic amines) is 1. The molecule has 1 heterocycles. The predicted molar refractivity (Wildman–Crippen MR) is 72.6 cm³/mol. The zero-order chi connectivity index (χ0) is 13.2. The number of fused-ring (bicyclic) bond motifs is 1. The zero-order valence-electron chi connectivity index (χ0n) is 11.1. The predicted octanol–water partition coefficient (Wildman–Crippen LogP) is 3.13. The van der Waals surface area contributed by atoms with Crippen molar-refractivity contribution in [3.63, 3.8) is 0 Å². The zero-order valence-corrected chi connectivity index (χ0v) is 11.1. The lowest BCUT2D eigenvalue weighted by Gasteiger charge is -2.15. The minimum absolute atomic E-state index is 0.0524. The Balaban J connectivity index is 1.51. The van der Waals surface area contributed by atoms with Crippen molar-refractivity contribution in [1.82, 2.24) is 4.90 Å². The van der Waals surface area contributed by atoms with Crippen molar-refractivity contribution in [3.8, 4) is 0 Å². The van der Waals surface area contributed by atoms with Gasteiger partial charge < -0.3 is 4.90 Å². The molecule has 1 aliphatic heterocycles. The molecular formula is C16H20FNO. The SMILES string of the molecule is O=C(CCN1CC2CCCC2C1)c1cccc(F)c1. The van der Waals surface area contributed by atoms with E-state index in [1.165, 1.54) is 31.4 Å². The van der Waals surface area contributed by atoms with Crippen molar-refractivity contribution in [3.05, 3.63) is 35.6 Å². The van der Waals surface area contributed by atoms with Gasteiger partial charge in [-0.1, -0.05) is 18.6 Å². The maximum atomic E-state index is 13.1. The van der Waals surface area contributed by atoms with Crippen molar-refractivity contribution >= 4 is 5.78 Å². The molecule has 3 rings (SSSR count). The maximum Gasteiger partial charge on any atom is 0.164 e. The fourth-order valence-corrected chi connectivity index (χ4v) is 3.58. The number of hydrogen-bond acceptors (Lipinski definition) is 2. The summed E-state index contributed by atoms with van der Waals surface area (Å²) in [5.74, 6) is 1.45. The summed E-state index contributed by atoms with van der Waals surface area (Å²) in [5.41, 5.74) is 0.499. The van der Waals surface area contributed by atoms with Crippen LogP contribution in [0.15, 0.2) is 24.3 Å². The molecule has 2 fully saturated rings. The molecule has 0 aromatic heterocycles. The number of carbonyl (C=O) groups excluding carboxylic acids is 1. The van der Waals surface area contributed by atoms with E-state index in [9.17, 15) is 9.18 Å². The maximum absolute atomic E-state index is 13.1. The fourth-order valence-electron chi connectivity index (χ4n) is 3.58. The van der Waals surface area contributed by atoms with Gasteiger partial charge in [-0.25, -0.2) is 4.39 Å². The Morgan fingerprint density at radius 1 is 1.26 bits per heavy atom. The largest absolute Gasteiger partial charge is 0.302 e. The molecule has 0 radical (unpaired) electrons. The second kappa shape index (κ2) is 5.41. The average molecular weight is 261 g/mol. The molecular weight excluding hydrogens is 241 g/mol. The van der Waals surface area contributed by atoms with Crippen LogP contribution in [0, 0.1) is 17.7 Å². The van der Waals surface area contributed by atoms with E-state index in [2.05, 4.69) is 4.90 Å². The molecule has 1 aromatic rings. The van der Waals surface area contributed by atoms with Crippen LogP contribution in [-0.2, 0) is 0 Å². The van der Waals surface area contributed by atoms with Gasteiger partial charge in [0, 0.05) is 31.6 Å². The molecule has 102 valence electrons. The van der Waals surface area contributed by atoms with E-state index in [0.717, 1.165) is 31.5 Å². The van der Waals surface area contributed by atoms with Crippen molar-refractivity contribution < 1.29 is 9.18 Å². The first kappa shape index (κ1) is 12.8. The third kappa shape index (κ3) is 2.86. The Morgan fingerprint density at radius 3 is 2.68 bits per heavy atom. The first-order valence-electron chi connectivity index (χ1n) is 7.23. The highest BCUT2D eigenvalue weighted by atomic mass is 19.1. The van der Waals surface area contributed by atoms with Crippen LogP contribution in [0.4, 0.5) is 4.39 Å². The summed E-state index contributed by atoms with van der Waals surface area (Å²) >= 11 is 0. The first-order chi connectivity index (χ1) is 9.22. The average Bonchev–Trinajstić information content (AvgIpc) is 2.96. The molecule has 0 bridgehead atoms. The summed E-state index contributed by atoms with van der Waals surface area (Å²) in [6, 6.07) is 6.01. The molecule has 0 amide bonds. The van der Waals surface area contributed by atoms with Gasteiger partial charge in [0.25, 0.3) is 0 Å². The number of ketones is 1. The Morgan fingerprint density at radius 2 is 2.00 bits per heavy atom. The van der Waals surface area contributed by atoms with Crippen LogP contribution < -0.4 is 0 Å².